The molecule has 1 aromatic heterocycles. The first-order valence-corrected chi connectivity index (χ1v) is 8.64. The van der Waals surface area contributed by atoms with Crippen molar-refractivity contribution < 1.29 is 4.79 Å². The predicted octanol–water partition coefficient (Wildman–Crippen LogP) is 4.42. The van der Waals surface area contributed by atoms with E-state index in [-0.39, 0.29) is 11.1 Å². The molecule has 132 valence electrons. The standard InChI is InChI=1S/C21H19ClN2O2/c1-14-5-8-16(9-6-14)13-24-11-3-4-18(21(24)26)20(25)23-19-12-17(22)10-7-15(19)2/h3-12H,13H2,1-2H3,(H,23,25). The molecule has 5 heteroatoms. The molecule has 0 fully saturated rings. The summed E-state index contributed by atoms with van der Waals surface area (Å²) in [4.78, 5) is 25.3. The summed E-state index contributed by atoms with van der Waals surface area (Å²) >= 11 is 5.99. The van der Waals surface area contributed by atoms with Gasteiger partial charge in [-0.25, -0.2) is 0 Å². The van der Waals surface area contributed by atoms with Gasteiger partial charge < -0.3 is 9.88 Å². The lowest BCUT2D eigenvalue weighted by Gasteiger charge is -2.11. The van der Waals surface area contributed by atoms with E-state index in [1.54, 1.807) is 24.4 Å². The number of hydrogen-bond acceptors (Lipinski definition) is 2. The first kappa shape index (κ1) is 18.0. The lowest BCUT2D eigenvalue weighted by molar-refractivity contribution is 0.102. The summed E-state index contributed by atoms with van der Waals surface area (Å²) in [7, 11) is 0. The number of amides is 1. The van der Waals surface area contributed by atoms with Crippen LogP contribution in [-0.2, 0) is 6.54 Å². The Labute approximate surface area is 157 Å². The Kier molecular flexibility index (Phi) is 5.24. The fraction of sp³-hybridized carbons (Fsp3) is 0.143. The van der Waals surface area contributed by atoms with Crippen LogP contribution in [0.3, 0.4) is 0 Å². The Bertz CT molecular complexity index is 1010. The molecule has 0 unspecified atom stereocenters. The molecule has 1 amide bonds. The number of benzene rings is 2. The average Bonchev–Trinajstić information content (AvgIpc) is 2.62. The number of carbonyl (C=O) groups is 1. The molecule has 0 atom stereocenters. The highest BCUT2D eigenvalue weighted by Crippen LogP contribution is 2.20. The van der Waals surface area contributed by atoms with E-state index in [0.29, 0.717) is 17.3 Å². The van der Waals surface area contributed by atoms with Gasteiger partial charge in [-0.05, 0) is 49.2 Å². The predicted molar refractivity (Wildman–Crippen MR) is 105 cm³/mol. The van der Waals surface area contributed by atoms with E-state index >= 15 is 0 Å². The van der Waals surface area contributed by atoms with Crippen LogP contribution in [0.15, 0.2) is 65.6 Å². The van der Waals surface area contributed by atoms with Gasteiger partial charge >= 0.3 is 0 Å². The molecule has 26 heavy (non-hydrogen) atoms. The van der Waals surface area contributed by atoms with Crippen LogP contribution in [0, 0.1) is 13.8 Å². The number of carbonyl (C=O) groups excluding carboxylic acids is 1. The Morgan fingerprint density at radius 1 is 1.08 bits per heavy atom. The molecular weight excluding hydrogens is 348 g/mol. The van der Waals surface area contributed by atoms with Gasteiger partial charge in [0.2, 0.25) is 0 Å². The van der Waals surface area contributed by atoms with E-state index in [9.17, 15) is 9.59 Å². The molecule has 0 saturated carbocycles. The van der Waals surface area contributed by atoms with E-state index in [1.807, 2.05) is 44.2 Å². The van der Waals surface area contributed by atoms with Crippen LogP contribution < -0.4 is 10.9 Å². The number of nitrogens with one attached hydrogen (secondary N) is 1. The van der Waals surface area contributed by atoms with Crippen molar-refractivity contribution in [3.05, 3.63) is 98.4 Å². The maximum absolute atomic E-state index is 12.7. The summed E-state index contributed by atoms with van der Waals surface area (Å²) in [6.45, 7) is 4.29. The van der Waals surface area contributed by atoms with Crippen LogP contribution >= 0.6 is 11.6 Å². The minimum atomic E-state index is -0.446. The summed E-state index contributed by atoms with van der Waals surface area (Å²) < 4.78 is 1.53. The van der Waals surface area contributed by atoms with Crippen molar-refractivity contribution in [2.24, 2.45) is 0 Å². The van der Waals surface area contributed by atoms with Crippen LogP contribution in [0.25, 0.3) is 0 Å². The molecule has 1 N–H and O–H groups in total. The lowest BCUT2D eigenvalue weighted by Crippen LogP contribution is -2.29. The summed E-state index contributed by atoms with van der Waals surface area (Å²) in [5, 5.41) is 3.29. The molecule has 0 aliphatic rings. The molecule has 0 saturated heterocycles. The fourth-order valence-electron chi connectivity index (χ4n) is 2.64. The van der Waals surface area contributed by atoms with Crippen molar-refractivity contribution in [3.8, 4) is 0 Å². The van der Waals surface area contributed by atoms with Gasteiger partial charge in [0.1, 0.15) is 5.56 Å². The Hall–Kier alpha value is -2.85. The molecule has 2 aromatic carbocycles. The van der Waals surface area contributed by atoms with Crippen molar-refractivity contribution in [2.45, 2.75) is 20.4 Å². The number of nitrogens with zero attached hydrogens (tertiary/aromatic N) is 1. The van der Waals surface area contributed by atoms with Crippen LogP contribution in [0.4, 0.5) is 5.69 Å². The summed E-state index contributed by atoms with van der Waals surface area (Å²) in [6.07, 6.45) is 1.68. The monoisotopic (exact) mass is 366 g/mol. The Morgan fingerprint density at radius 3 is 2.54 bits per heavy atom. The molecule has 4 nitrogen and oxygen atoms in total. The molecule has 0 radical (unpaired) electrons. The third kappa shape index (κ3) is 4.03. The third-order valence-electron chi connectivity index (χ3n) is 4.19. The summed E-state index contributed by atoms with van der Waals surface area (Å²) in [5.74, 6) is -0.446. The van der Waals surface area contributed by atoms with Crippen molar-refractivity contribution in [3.63, 3.8) is 0 Å². The summed E-state index contributed by atoms with van der Waals surface area (Å²) in [5.41, 5.74) is 3.39. The van der Waals surface area contributed by atoms with Crippen molar-refractivity contribution >= 4 is 23.2 Å². The topological polar surface area (TPSA) is 51.1 Å². The second-order valence-electron chi connectivity index (χ2n) is 6.25. The van der Waals surface area contributed by atoms with E-state index in [1.165, 1.54) is 10.6 Å². The van der Waals surface area contributed by atoms with Gasteiger partial charge in [0.25, 0.3) is 11.5 Å². The Balaban J connectivity index is 1.86. The van der Waals surface area contributed by atoms with Gasteiger partial charge in [-0.1, -0.05) is 47.5 Å². The second kappa shape index (κ2) is 7.58. The number of hydrogen-bond donors (Lipinski definition) is 1. The first-order valence-electron chi connectivity index (χ1n) is 8.26. The van der Waals surface area contributed by atoms with E-state index in [0.717, 1.165) is 16.7 Å². The van der Waals surface area contributed by atoms with Crippen molar-refractivity contribution in [2.75, 3.05) is 5.32 Å². The van der Waals surface area contributed by atoms with Gasteiger partial charge in [0, 0.05) is 16.9 Å². The number of anilines is 1. The van der Waals surface area contributed by atoms with Crippen LogP contribution in [-0.4, -0.2) is 10.5 Å². The summed E-state index contributed by atoms with van der Waals surface area (Å²) in [6, 6.07) is 16.4. The van der Waals surface area contributed by atoms with Crippen molar-refractivity contribution in [1.82, 2.24) is 4.57 Å². The van der Waals surface area contributed by atoms with Gasteiger partial charge in [0.15, 0.2) is 0 Å². The largest absolute Gasteiger partial charge is 0.322 e. The first-order chi connectivity index (χ1) is 12.4. The van der Waals surface area contributed by atoms with Gasteiger partial charge in [-0.15, -0.1) is 0 Å². The highest BCUT2D eigenvalue weighted by atomic mass is 35.5. The lowest BCUT2D eigenvalue weighted by atomic mass is 10.1. The smallest absolute Gasteiger partial charge is 0.263 e. The normalized spacial score (nSPS) is 10.6. The molecule has 0 bridgehead atoms. The third-order valence-corrected chi connectivity index (χ3v) is 4.42. The highest BCUT2D eigenvalue weighted by Gasteiger charge is 2.14. The highest BCUT2D eigenvalue weighted by molar-refractivity contribution is 6.31. The van der Waals surface area contributed by atoms with Gasteiger partial charge in [0.05, 0.1) is 6.54 Å². The molecule has 3 aromatic rings. The van der Waals surface area contributed by atoms with Crippen LogP contribution in [0.5, 0.6) is 0 Å². The minimum Gasteiger partial charge on any atom is -0.322 e. The zero-order valence-corrected chi connectivity index (χ0v) is 15.4. The number of aromatic nitrogens is 1. The molecule has 1 heterocycles. The molecule has 0 spiro atoms. The Morgan fingerprint density at radius 2 is 1.81 bits per heavy atom. The van der Waals surface area contributed by atoms with Crippen LogP contribution in [0.2, 0.25) is 5.02 Å². The van der Waals surface area contributed by atoms with E-state index < -0.39 is 5.91 Å². The molecular formula is C21H19ClN2O2. The van der Waals surface area contributed by atoms with Gasteiger partial charge in [-0.2, -0.15) is 0 Å². The molecule has 3 rings (SSSR count). The quantitative estimate of drug-likeness (QED) is 0.743. The van der Waals surface area contributed by atoms with E-state index in [4.69, 9.17) is 11.6 Å². The average molecular weight is 367 g/mol. The number of rotatable bonds is 4. The second-order valence-corrected chi connectivity index (χ2v) is 6.69. The maximum Gasteiger partial charge on any atom is 0.263 e. The fourth-order valence-corrected chi connectivity index (χ4v) is 2.81. The molecule has 0 aliphatic carbocycles. The zero-order valence-electron chi connectivity index (χ0n) is 14.6. The SMILES string of the molecule is Cc1ccc(Cn2cccc(C(=O)Nc3cc(Cl)ccc3C)c2=O)cc1. The minimum absolute atomic E-state index is 0.0963. The number of halogens is 1. The van der Waals surface area contributed by atoms with Crippen LogP contribution in [0.1, 0.15) is 27.0 Å². The van der Waals surface area contributed by atoms with Crippen molar-refractivity contribution in [1.29, 1.82) is 0 Å². The van der Waals surface area contributed by atoms with Gasteiger partial charge in [-0.3, -0.25) is 9.59 Å². The number of pyridine rings is 1. The number of aryl methyl sites for hydroxylation is 2. The molecule has 0 aliphatic heterocycles. The van der Waals surface area contributed by atoms with E-state index in [2.05, 4.69) is 5.32 Å². The zero-order chi connectivity index (χ0) is 18.7. The maximum atomic E-state index is 12.7.